The molecule has 0 saturated heterocycles. The van der Waals surface area contributed by atoms with Crippen molar-refractivity contribution in [3.8, 4) is 11.4 Å². The fourth-order valence-corrected chi connectivity index (χ4v) is 2.54. The maximum atomic E-state index is 12.1. The monoisotopic (exact) mass is 303 g/mol. The molecule has 8 nitrogen and oxygen atoms in total. The van der Waals surface area contributed by atoms with Gasteiger partial charge in [-0.1, -0.05) is 11.3 Å². The van der Waals surface area contributed by atoms with E-state index in [2.05, 4.69) is 20.4 Å². The van der Waals surface area contributed by atoms with E-state index in [4.69, 9.17) is 5.11 Å². The van der Waals surface area contributed by atoms with Crippen LogP contribution in [-0.2, 0) is 4.79 Å². The number of aliphatic carboxylic acids is 1. The third kappa shape index (κ3) is 2.58. The van der Waals surface area contributed by atoms with Crippen molar-refractivity contribution in [3.05, 3.63) is 39.4 Å². The predicted octanol–water partition coefficient (Wildman–Crippen LogP) is -0.656. The highest BCUT2D eigenvalue weighted by Gasteiger charge is 2.11. The van der Waals surface area contributed by atoms with Gasteiger partial charge in [-0.15, -0.1) is 5.10 Å². The zero-order valence-corrected chi connectivity index (χ0v) is 11.4. The van der Waals surface area contributed by atoms with Crippen LogP contribution in [0.15, 0.2) is 29.3 Å². The number of carbonyl (C=O) groups is 1. The number of pyridine rings is 1. The highest BCUT2D eigenvalue weighted by molar-refractivity contribution is 7.15. The summed E-state index contributed by atoms with van der Waals surface area (Å²) in [5, 5.41) is 15.2. The number of thiazole rings is 1. The minimum Gasteiger partial charge on any atom is -0.480 e. The standard InChI is InChI=1S/C12H9N5O3S/c18-9(19)6-14-5-8-11(20)17-12(21-8)15-10(16-17)7-1-3-13-4-2-7/h1-5,14H,6H2,(H,18,19)/b8-5-. The van der Waals surface area contributed by atoms with E-state index in [1.54, 1.807) is 24.5 Å². The first-order chi connectivity index (χ1) is 10.1. The number of rotatable bonds is 4. The van der Waals surface area contributed by atoms with Crippen LogP contribution >= 0.6 is 11.3 Å². The number of carboxylic acids is 1. The van der Waals surface area contributed by atoms with Gasteiger partial charge in [0.1, 0.15) is 11.1 Å². The summed E-state index contributed by atoms with van der Waals surface area (Å²) in [4.78, 5) is 31.1. The van der Waals surface area contributed by atoms with Crippen LogP contribution in [0.4, 0.5) is 0 Å². The van der Waals surface area contributed by atoms with Gasteiger partial charge >= 0.3 is 5.97 Å². The Morgan fingerprint density at radius 1 is 1.43 bits per heavy atom. The van der Waals surface area contributed by atoms with Crippen LogP contribution in [0.1, 0.15) is 0 Å². The van der Waals surface area contributed by atoms with Crippen molar-refractivity contribution in [2.75, 3.05) is 6.54 Å². The van der Waals surface area contributed by atoms with Crippen LogP contribution in [0.5, 0.6) is 0 Å². The Balaban J connectivity index is 1.99. The zero-order chi connectivity index (χ0) is 14.8. The third-order valence-corrected chi connectivity index (χ3v) is 3.57. The Kier molecular flexibility index (Phi) is 3.32. The van der Waals surface area contributed by atoms with E-state index in [0.29, 0.717) is 15.3 Å². The molecule has 3 aromatic heterocycles. The van der Waals surface area contributed by atoms with Gasteiger partial charge in [-0.2, -0.15) is 9.50 Å². The van der Waals surface area contributed by atoms with E-state index < -0.39 is 5.97 Å². The second-order valence-electron chi connectivity index (χ2n) is 4.06. The topological polar surface area (TPSA) is 109 Å². The van der Waals surface area contributed by atoms with Crippen molar-refractivity contribution >= 4 is 28.5 Å². The number of nitrogens with zero attached hydrogens (tertiary/aromatic N) is 4. The molecule has 0 aliphatic heterocycles. The number of aromatic nitrogens is 4. The summed E-state index contributed by atoms with van der Waals surface area (Å²) >= 11 is 1.14. The Morgan fingerprint density at radius 3 is 2.86 bits per heavy atom. The molecule has 0 aromatic carbocycles. The van der Waals surface area contributed by atoms with Crippen molar-refractivity contribution < 1.29 is 9.90 Å². The zero-order valence-electron chi connectivity index (χ0n) is 10.6. The highest BCUT2D eigenvalue weighted by atomic mass is 32.1. The molecular weight excluding hydrogens is 294 g/mol. The lowest BCUT2D eigenvalue weighted by molar-refractivity contribution is -0.135. The van der Waals surface area contributed by atoms with Crippen LogP contribution in [0.2, 0.25) is 0 Å². The molecule has 2 N–H and O–H groups in total. The lowest BCUT2D eigenvalue weighted by Gasteiger charge is -1.91. The quantitative estimate of drug-likeness (QED) is 0.658. The van der Waals surface area contributed by atoms with Crippen LogP contribution in [0.25, 0.3) is 22.5 Å². The fourth-order valence-electron chi connectivity index (χ4n) is 1.69. The second-order valence-corrected chi connectivity index (χ2v) is 5.07. The molecular formula is C12H9N5O3S. The second kappa shape index (κ2) is 5.29. The Morgan fingerprint density at radius 2 is 2.19 bits per heavy atom. The minimum atomic E-state index is -1.00. The van der Waals surface area contributed by atoms with E-state index >= 15 is 0 Å². The minimum absolute atomic E-state index is 0.255. The molecule has 0 unspecified atom stereocenters. The van der Waals surface area contributed by atoms with Gasteiger partial charge < -0.3 is 10.4 Å². The molecule has 9 heteroatoms. The molecule has 106 valence electrons. The van der Waals surface area contributed by atoms with Gasteiger partial charge in [0, 0.05) is 24.2 Å². The lowest BCUT2D eigenvalue weighted by Crippen LogP contribution is -2.28. The SMILES string of the molecule is O=C(O)CN/C=c1\sc2nc(-c3ccncc3)nn2c1=O. The maximum absolute atomic E-state index is 12.1. The third-order valence-electron chi connectivity index (χ3n) is 2.61. The molecule has 0 spiro atoms. The summed E-state index contributed by atoms with van der Waals surface area (Å²) in [7, 11) is 0. The molecule has 0 aliphatic carbocycles. The molecule has 3 heterocycles. The summed E-state index contributed by atoms with van der Waals surface area (Å²) in [6.45, 7) is -0.255. The van der Waals surface area contributed by atoms with Crippen LogP contribution in [0, 0.1) is 0 Å². The molecule has 0 aliphatic rings. The first-order valence-electron chi connectivity index (χ1n) is 5.90. The predicted molar refractivity (Wildman–Crippen MR) is 75.7 cm³/mol. The van der Waals surface area contributed by atoms with Crippen molar-refractivity contribution in [2.45, 2.75) is 0 Å². The van der Waals surface area contributed by atoms with Gasteiger partial charge in [0.15, 0.2) is 5.82 Å². The van der Waals surface area contributed by atoms with Gasteiger partial charge in [0.2, 0.25) is 4.96 Å². The van der Waals surface area contributed by atoms with Gasteiger partial charge in [0.05, 0.1) is 0 Å². The molecule has 3 aromatic rings. The summed E-state index contributed by atoms with van der Waals surface area (Å²) in [5.74, 6) is -0.552. The van der Waals surface area contributed by atoms with Crippen LogP contribution in [0.3, 0.4) is 0 Å². The summed E-state index contributed by atoms with van der Waals surface area (Å²) < 4.78 is 1.56. The van der Waals surface area contributed by atoms with E-state index in [1.807, 2.05) is 0 Å². The van der Waals surface area contributed by atoms with E-state index in [1.165, 1.54) is 10.7 Å². The summed E-state index contributed by atoms with van der Waals surface area (Å²) in [6, 6.07) is 3.51. The molecule has 21 heavy (non-hydrogen) atoms. The summed E-state index contributed by atoms with van der Waals surface area (Å²) in [5.41, 5.74) is 0.440. The van der Waals surface area contributed by atoms with Gasteiger partial charge in [-0.3, -0.25) is 14.6 Å². The Bertz CT molecular complexity index is 902. The highest BCUT2D eigenvalue weighted by Crippen LogP contribution is 2.14. The number of nitrogens with one attached hydrogen (secondary N) is 1. The van der Waals surface area contributed by atoms with Crippen molar-refractivity contribution in [1.82, 2.24) is 24.9 Å². The number of hydrogen-bond acceptors (Lipinski definition) is 7. The van der Waals surface area contributed by atoms with E-state index in [0.717, 1.165) is 16.9 Å². The van der Waals surface area contributed by atoms with Gasteiger partial charge in [0.25, 0.3) is 5.56 Å². The number of fused-ring (bicyclic) bond motifs is 1. The Labute approximate surface area is 121 Å². The van der Waals surface area contributed by atoms with Crippen LogP contribution < -0.4 is 15.4 Å². The summed E-state index contributed by atoms with van der Waals surface area (Å²) in [6.07, 6.45) is 4.61. The normalized spacial score (nSPS) is 11.9. The molecule has 0 atom stereocenters. The largest absolute Gasteiger partial charge is 0.480 e. The average Bonchev–Trinajstić information content (AvgIpc) is 3.00. The molecule has 0 radical (unpaired) electrons. The molecule has 3 rings (SSSR count). The number of carboxylic acid groups (broad SMARTS) is 1. The van der Waals surface area contributed by atoms with Crippen molar-refractivity contribution in [2.24, 2.45) is 0 Å². The maximum Gasteiger partial charge on any atom is 0.322 e. The number of hydrogen-bond donors (Lipinski definition) is 2. The first-order valence-corrected chi connectivity index (χ1v) is 6.72. The average molecular weight is 303 g/mol. The van der Waals surface area contributed by atoms with Crippen molar-refractivity contribution in [1.29, 1.82) is 0 Å². The van der Waals surface area contributed by atoms with Crippen LogP contribution in [-0.4, -0.2) is 37.2 Å². The fraction of sp³-hybridized carbons (Fsp3) is 0.0833. The van der Waals surface area contributed by atoms with Gasteiger partial charge in [-0.25, -0.2) is 0 Å². The molecule has 0 saturated carbocycles. The molecule has 0 fully saturated rings. The molecule has 0 amide bonds. The van der Waals surface area contributed by atoms with Crippen molar-refractivity contribution in [3.63, 3.8) is 0 Å². The van der Waals surface area contributed by atoms with Gasteiger partial charge in [-0.05, 0) is 12.1 Å². The molecule has 0 bridgehead atoms. The Hall–Kier alpha value is -2.81. The lowest BCUT2D eigenvalue weighted by atomic mass is 10.3. The first kappa shape index (κ1) is 13.2. The van der Waals surface area contributed by atoms with E-state index in [9.17, 15) is 9.59 Å². The van der Waals surface area contributed by atoms with E-state index in [-0.39, 0.29) is 12.1 Å². The smallest absolute Gasteiger partial charge is 0.322 e.